The molecule has 1 rings (SSSR count). The Morgan fingerprint density at radius 2 is 1.66 bits per heavy atom. The summed E-state index contributed by atoms with van der Waals surface area (Å²) in [6, 6.07) is 2.30. The fourth-order valence-corrected chi connectivity index (χ4v) is 2.66. The van der Waals surface area contributed by atoms with Crippen LogP contribution in [0.4, 0.5) is 13.2 Å². The van der Waals surface area contributed by atoms with Crippen LogP contribution in [0.5, 0.6) is 0 Å². The third kappa shape index (κ3) is 6.47. The highest BCUT2D eigenvalue weighted by Crippen LogP contribution is 2.29. The highest BCUT2D eigenvalue weighted by atomic mass is 19.4. The summed E-state index contributed by atoms with van der Waals surface area (Å²) in [5.41, 5.74) is -0.950. The van der Waals surface area contributed by atoms with E-state index in [0.717, 1.165) is 32.4 Å². The van der Waals surface area contributed by atoms with Gasteiger partial charge in [-0.2, -0.15) is 13.2 Å². The largest absolute Gasteiger partial charge is 0.480 e. The van der Waals surface area contributed by atoms with Crippen LogP contribution in [-0.4, -0.2) is 49.2 Å². The van der Waals surface area contributed by atoms with Crippen molar-refractivity contribution in [1.82, 2.24) is 5.32 Å². The number of aliphatic carboxylic acids is 1. The maximum absolute atomic E-state index is 12.8. The van der Waals surface area contributed by atoms with E-state index < -0.39 is 59.9 Å². The Labute approximate surface area is 164 Å². The molecule has 0 saturated carbocycles. The summed E-state index contributed by atoms with van der Waals surface area (Å²) < 4.78 is 47.3. The Bertz CT molecular complexity index is 763. The van der Waals surface area contributed by atoms with Gasteiger partial charge in [-0.3, -0.25) is 14.4 Å². The van der Waals surface area contributed by atoms with Gasteiger partial charge >= 0.3 is 24.1 Å². The quantitative estimate of drug-likeness (QED) is 0.483. The van der Waals surface area contributed by atoms with E-state index in [0.29, 0.717) is 0 Å². The molecule has 29 heavy (non-hydrogen) atoms. The smallest absolute Gasteiger partial charge is 0.416 e. The molecule has 0 aliphatic rings. The lowest BCUT2D eigenvalue weighted by molar-refractivity contribution is -0.163. The van der Waals surface area contributed by atoms with Gasteiger partial charge in [-0.05, 0) is 11.6 Å². The fraction of sp³-hybridized carbons (Fsp3) is 0.444. The SMILES string of the molecule is COC(=O)C(C(=O)OC)[C@H](C)[C@H](NC(=O)Cc1cccc(C(F)(F)F)c1)C(=O)O. The van der Waals surface area contributed by atoms with Gasteiger partial charge in [0.2, 0.25) is 5.91 Å². The Morgan fingerprint density at radius 1 is 1.10 bits per heavy atom. The van der Waals surface area contributed by atoms with Crippen molar-refractivity contribution < 1.29 is 46.9 Å². The number of hydrogen-bond donors (Lipinski definition) is 2. The van der Waals surface area contributed by atoms with E-state index in [1.807, 2.05) is 0 Å². The average molecular weight is 419 g/mol. The maximum Gasteiger partial charge on any atom is 0.416 e. The minimum Gasteiger partial charge on any atom is -0.480 e. The Kier molecular flexibility index (Phi) is 8.16. The van der Waals surface area contributed by atoms with Crippen LogP contribution in [0.2, 0.25) is 0 Å². The van der Waals surface area contributed by atoms with Gasteiger partial charge in [0.05, 0.1) is 26.2 Å². The van der Waals surface area contributed by atoms with E-state index in [4.69, 9.17) is 0 Å². The van der Waals surface area contributed by atoms with Crippen molar-refractivity contribution in [1.29, 1.82) is 0 Å². The Balaban J connectivity index is 3.01. The van der Waals surface area contributed by atoms with Crippen LogP contribution in [0.3, 0.4) is 0 Å². The molecular weight excluding hydrogens is 399 g/mol. The molecule has 11 heteroatoms. The normalized spacial score (nSPS) is 13.3. The summed E-state index contributed by atoms with van der Waals surface area (Å²) in [4.78, 5) is 47.5. The number of carboxylic acid groups (broad SMARTS) is 1. The summed E-state index contributed by atoms with van der Waals surface area (Å²) in [6.07, 6.45) is -5.14. The third-order valence-corrected chi connectivity index (χ3v) is 4.16. The topological polar surface area (TPSA) is 119 Å². The van der Waals surface area contributed by atoms with E-state index >= 15 is 0 Å². The molecule has 1 amide bonds. The molecule has 0 aliphatic carbocycles. The van der Waals surface area contributed by atoms with Gasteiger partial charge in [0.25, 0.3) is 0 Å². The van der Waals surface area contributed by atoms with Crippen molar-refractivity contribution in [3.8, 4) is 0 Å². The number of methoxy groups -OCH3 is 2. The van der Waals surface area contributed by atoms with Gasteiger partial charge in [0.1, 0.15) is 6.04 Å². The van der Waals surface area contributed by atoms with Crippen LogP contribution >= 0.6 is 0 Å². The van der Waals surface area contributed by atoms with Crippen molar-refractivity contribution in [3.05, 3.63) is 35.4 Å². The molecule has 0 aromatic heterocycles. The third-order valence-electron chi connectivity index (χ3n) is 4.16. The van der Waals surface area contributed by atoms with Crippen molar-refractivity contribution in [2.45, 2.75) is 25.6 Å². The first-order valence-corrected chi connectivity index (χ1v) is 8.26. The number of ether oxygens (including phenoxy) is 2. The molecule has 8 nitrogen and oxygen atoms in total. The number of hydrogen-bond acceptors (Lipinski definition) is 6. The zero-order valence-corrected chi connectivity index (χ0v) is 15.8. The number of amides is 1. The van der Waals surface area contributed by atoms with Gasteiger partial charge < -0.3 is 19.9 Å². The van der Waals surface area contributed by atoms with Gasteiger partial charge in [-0.1, -0.05) is 25.1 Å². The summed E-state index contributed by atoms with van der Waals surface area (Å²) in [5.74, 6) is -7.45. The number of esters is 2. The highest BCUT2D eigenvalue weighted by Gasteiger charge is 2.42. The summed E-state index contributed by atoms with van der Waals surface area (Å²) in [5, 5.41) is 11.5. The molecule has 0 aliphatic heterocycles. The maximum atomic E-state index is 12.8. The molecule has 0 spiro atoms. The van der Waals surface area contributed by atoms with Crippen molar-refractivity contribution in [2.75, 3.05) is 14.2 Å². The molecule has 0 saturated heterocycles. The van der Waals surface area contributed by atoms with E-state index in [9.17, 15) is 37.5 Å². The second kappa shape index (κ2) is 9.89. The number of carbonyl (C=O) groups excluding carboxylic acids is 3. The number of carbonyl (C=O) groups is 4. The van der Waals surface area contributed by atoms with E-state index in [-0.39, 0.29) is 5.56 Å². The number of alkyl halides is 3. The minimum atomic E-state index is -4.60. The second-order valence-electron chi connectivity index (χ2n) is 6.14. The first-order chi connectivity index (χ1) is 13.4. The van der Waals surface area contributed by atoms with Crippen molar-refractivity contribution in [2.24, 2.45) is 11.8 Å². The van der Waals surface area contributed by atoms with Crippen LogP contribution in [0.15, 0.2) is 24.3 Å². The van der Waals surface area contributed by atoms with Crippen LogP contribution < -0.4 is 5.32 Å². The lowest BCUT2D eigenvalue weighted by atomic mass is 9.87. The zero-order valence-electron chi connectivity index (χ0n) is 15.8. The molecule has 0 unspecified atom stereocenters. The number of halogens is 3. The molecule has 2 atom stereocenters. The molecule has 1 aromatic carbocycles. The van der Waals surface area contributed by atoms with Gasteiger partial charge in [0, 0.05) is 5.92 Å². The first kappa shape index (κ1) is 23.9. The average Bonchev–Trinajstić information content (AvgIpc) is 2.64. The van der Waals surface area contributed by atoms with Crippen molar-refractivity contribution >= 4 is 23.8 Å². The summed E-state index contributed by atoms with van der Waals surface area (Å²) >= 11 is 0. The van der Waals surface area contributed by atoms with Crippen LogP contribution in [0.25, 0.3) is 0 Å². The standard InChI is InChI=1S/C18H20F3NO7/c1-9(13(16(26)28-2)17(27)29-3)14(15(24)25)22-12(23)8-10-5-4-6-11(7-10)18(19,20)21/h4-7,9,13-14H,8H2,1-3H3,(H,22,23)(H,24,25)/t9-,14-/m0/s1. The fourth-order valence-electron chi connectivity index (χ4n) is 2.66. The molecule has 160 valence electrons. The summed E-state index contributed by atoms with van der Waals surface area (Å²) in [6.45, 7) is 1.22. The van der Waals surface area contributed by atoms with Crippen LogP contribution in [-0.2, 0) is 41.2 Å². The van der Waals surface area contributed by atoms with Crippen LogP contribution in [0, 0.1) is 11.8 Å². The molecular formula is C18H20F3NO7. The molecule has 1 aromatic rings. The first-order valence-electron chi connectivity index (χ1n) is 8.26. The second-order valence-corrected chi connectivity index (χ2v) is 6.14. The monoisotopic (exact) mass is 419 g/mol. The van der Waals surface area contributed by atoms with Crippen LogP contribution in [0.1, 0.15) is 18.1 Å². The molecule has 0 heterocycles. The predicted octanol–water partition coefficient (Wildman–Crippen LogP) is 1.42. The predicted molar refractivity (Wildman–Crippen MR) is 91.4 cm³/mol. The minimum absolute atomic E-state index is 0.00611. The lowest BCUT2D eigenvalue weighted by Gasteiger charge is -2.26. The highest BCUT2D eigenvalue weighted by molar-refractivity contribution is 5.96. The number of carboxylic acids is 1. The van der Waals surface area contributed by atoms with E-state index in [2.05, 4.69) is 14.8 Å². The number of benzene rings is 1. The molecule has 2 N–H and O–H groups in total. The Hall–Kier alpha value is -3.11. The van der Waals surface area contributed by atoms with Crippen molar-refractivity contribution in [3.63, 3.8) is 0 Å². The van der Waals surface area contributed by atoms with Gasteiger partial charge in [-0.25, -0.2) is 4.79 Å². The number of nitrogens with one attached hydrogen (secondary N) is 1. The van der Waals surface area contributed by atoms with E-state index in [1.165, 1.54) is 13.0 Å². The zero-order chi connectivity index (χ0) is 22.4. The van der Waals surface area contributed by atoms with E-state index in [1.54, 1.807) is 0 Å². The molecule has 0 fully saturated rings. The summed E-state index contributed by atoms with van der Waals surface area (Å²) in [7, 11) is 1.99. The van der Waals surface area contributed by atoms with Gasteiger partial charge in [-0.15, -0.1) is 0 Å². The molecule has 0 radical (unpaired) electrons. The Morgan fingerprint density at radius 3 is 2.10 bits per heavy atom. The van der Waals surface area contributed by atoms with Gasteiger partial charge in [0.15, 0.2) is 5.92 Å². The lowest BCUT2D eigenvalue weighted by Crippen LogP contribution is -2.50. The number of rotatable bonds is 8. The molecule has 0 bridgehead atoms.